The molecule has 0 atom stereocenters. The van der Waals surface area contributed by atoms with Crippen LogP contribution in [0.2, 0.25) is 0 Å². The SMILES string of the molecule is CCCCCCCCCCCCCCCCOc1ccc(OCC(=O)NCCc2cccc[n+]2CC)cc1OC.[I-]. The molecule has 1 aromatic heterocycles. The van der Waals surface area contributed by atoms with E-state index in [-0.39, 0.29) is 36.5 Å². The van der Waals surface area contributed by atoms with E-state index in [9.17, 15) is 4.79 Å². The van der Waals surface area contributed by atoms with Crippen LogP contribution in [-0.2, 0) is 17.8 Å². The van der Waals surface area contributed by atoms with E-state index in [1.807, 2.05) is 24.3 Å². The zero-order chi connectivity index (χ0) is 28.7. The van der Waals surface area contributed by atoms with Gasteiger partial charge in [0.05, 0.1) is 13.7 Å². The number of nitrogens with zero attached hydrogens (tertiary/aromatic N) is 1. The molecule has 0 radical (unpaired) electrons. The van der Waals surface area contributed by atoms with Gasteiger partial charge >= 0.3 is 0 Å². The predicted octanol–water partition coefficient (Wildman–Crippen LogP) is 4.60. The quantitative estimate of drug-likeness (QED) is 0.1000. The van der Waals surface area contributed by atoms with Crippen molar-refractivity contribution < 1.29 is 47.5 Å². The lowest BCUT2D eigenvalue weighted by Crippen LogP contribution is -3.00. The maximum Gasteiger partial charge on any atom is 0.257 e. The van der Waals surface area contributed by atoms with Crippen molar-refractivity contribution in [3.63, 3.8) is 0 Å². The van der Waals surface area contributed by atoms with Gasteiger partial charge in [-0.05, 0) is 25.5 Å². The summed E-state index contributed by atoms with van der Waals surface area (Å²) in [5.41, 5.74) is 1.20. The molecule has 2 rings (SSSR count). The summed E-state index contributed by atoms with van der Waals surface area (Å²) in [6.45, 7) is 6.51. The normalized spacial score (nSPS) is 10.6. The Morgan fingerprint density at radius 1 is 0.780 bits per heavy atom. The first-order valence-corrected chi connectivity index (χ1v) is 15.9. The number of unbranched alkanes of at least 4 members (excludes halogenated alkanes) is 13. The Kier molecular flexibility index (Phi) is 22.2. The molecule has 1 amide bonds. The minimum atomic E-state index is -0.143. The van der Waals surface area contributed by atoms with Gasteiger partial charge in [-0.25, -0.2) is 4.57 Å². The largest absolute Gasteiger partial charge is 1.00 e. The molecule has 0 saturated carbocycles. The number of ether oxygens (including phenoxy) is 3. The van der Waals surface area contributed by atoms with Gasteiger partial charge in [-0.3, -0.25) is 4.79 Å². The van der Waals surface area contributed by atoms with Crippen LogP contribution in [0.1, 0.15) is 109 Å². The second-order valence-electron chi connectivity index (χ2n) is 10.6. The molecule has 232 valence electrons. The number of halogens is 1. The molecule has 0 aliphatic carbocycles. The van der Waals surface area contributed by atoms with Crippen molar-refractivity contribution in [3.05, 3.63) is 48.3 Å². The Bertz CT molecular complexity index is 941. The average Bonchev–Trinajstić information content (AvgIpc) is 2.98. The van der Waals surface area contributed by atoms with E-state index in [2.05, 4.69) is 36.0 Å². The molecule has 41 heavy (non-hydrogen) atoms. The van der Waals surface area contributed by atoms with Gasteiger partial charge in [0.1, 0.15) is 12.3 Å². The highest BCUT2D eigenvalue weighted by Crippen LogP contribution is 2.31. The topological polar surface area (TPSA) is 60.7 Å². The first-order chi connectivity index (χ1) is 19.7. The lowest BCUT2D eigenvalue weighted by atomic mass is 10.0. The number of carbonyl (C=O) groups is 1. The zero-order valence-electron chi connectivity index (χ0n) is 25.9. The first-order valence-electron chi connectivity index (χ1n) is 15.9. The summed E-state index contributed by atoms with van der Waals surface area (Å²) in [6, 6.07) is 11.6. The zero-order valence-corrected chi connectivity index (χ0v) is 28.1. The summed E-state index contributed by atoms with van der Waals surface area (Å²) in [5, 5.41) is 2.93. The van der Waals surface area contributed by atoms with Gasteiger partial charge < -0.3 is 43.5 Å². The van der Waals surface area contributed by atoms with Gasteiger partial charge in [-0.15, -0.1) is 0 Å². The number of nitrogens with one attached hydrogen (secondary N) is 1. The van der Waals surface area contributed by atoms with Crippen molar-refractivity contribution in [1.29, 1.82) is 0 Å². The molecular weight excluding hydrogens is 627 g/mol. The number of benzene rings is 1. The summed E-state index contributed by atoms with van der Waals surface area (Å²) in [5.74, 6) is 1.77. The minimum Gasteiger partial charge on any atom is -1.00 e. The molecule has 0 saturated heterocycles. The van der Waals surface area contributed by atoms with Crippen molar-refractivity contribution >= 4 is 5.91 Å². The third kappa shape index (κ3) is 16.9. The molecule has 7 heteroatoms. The predicted molar refractivity (Wildman–Crippen MR) is 163 cm³/mol. The van der Waals surface area contributed by atoms with Crippen LogP contribution in [0.4, 0.5) is 0 Å². The van der Waals surface area contributed by atoms with Crippen molar-refractivity contribution in [1.82, 2.24) is 5.32 Å². The van der Waals surface area contributed by atoms with Gasteiger partial charge in [-0.1, -0.05) is 96.5 Å². The Morgan fingerprint density at radius 2 is 1.41 bits per heavy atom. The fourth-order valence-electron chi connectivity index (χ4n) is 4.91. The third-order valence-electron chi connectivity index (χ3n) is 7.34. The summed E-state index contributed by atoms with van der Waals surface area (Å²) < 4.78 is 19.3. The number of aryl methyl sites for hydroxylation is 1. The Hall–Kier alpha value is -2.03. The summed E-state index contributed by atoms with van der Waals surface area (Å²) in [4.78, 5) is 12.3. The molecule has 0 aliphatic heterocycles. The Labute approximate surface area is 267 Å². The second-order valence-corrected chi connectivity index (χ2v) is 10.6. The van der Waals surface area contributed by atoms with Gasteiger partial charge in [-0.2, -0.15) is 0 Å². The number of hydrogen-bond donors (Lipinski definition) is 1. The highest BCUT2D eigenvalue weighted by molar-refractivity contribution is 5.77. The maximum absolute atomic E-state index is 12.3. The molecule has 1 heterocycles. The molecule has 0 aliphatic rings. The van der Waals surface area contributed by atoms with E-state index >= 15 is 0 Å². The van der Waals surface area contributed by atoms with Crippen LogP contribution in [0.15, 0.2) is 42.6 Å². The first kappa shape index (κ1) is 37.0. The fourth-order valence-corrected chi connectivity index (χ4v) is 4.91. The minimum absolute atomic E-state index is 0. The van der Waals surface area contributed by atoms with Crippen LogP contribution in [0.25, 0.3) is 0 Å². The molecule has 2 aromatic rings. The molecule has 0 fully saturated rings. The molecule has 0 unspecified atom stereocenters. The molecule has 1 aromatic carbocycles. The highest BCUT2D eigenvalue weighted by atomic mass is 127. The van der Waals surface area contributed by atoms with Crippen molar-refractivity contribution in [2.45, 2.75) is 117 Å². The number of hydrogen-bond acceptors (Lipinski definition) is 4. The van der Waals surface area contributed by atoms with E-state index in [4.69, 9.17) is 14.2 Å². The van der Waals surface area contributed by atoms with Gasteiger partial charge in [0.2, 0.25) is 0 Å². The molecular formula is C34H55IN2O4. The highest BCUT2D eigenvalue weighted by Gasteiger charge is 2.10. The standard InChI is InChI=1S/C34H54N2O4.HI/c1-4-6-7-8-9-10-11-12-13-14-15-16-17-20-27-39-32-23-22-31(28-33(32)38-3)40-29-34(37)35-25-24-30-21-18-19-26-36(30)5-2;/h18-19,21-23,26,28H,4-17,20,24-25,27,29H2,1-3H3;1H. The molecule has 6 nitrogen and oxygen atoms in total. The van der Waals surface area contributed by atoms with Gasteiger partial charge in [0.25, 0.3) is 5.91 Å². The van der Waals surface area contributed by atoms with Crippen molar-refractivity contribution in [3.8, 4) is 17.2 Å². The number of rotatable bonds is 24. The van der Waals surface area contributed by atoms with Crippen LogP contribution in [-0.4, -0.2) is 32.8 Å². The lowest BCUT2D eigenvalue weighted by molar-refractivity contribution is -0.700. The molecule has 0 bridgehead atoms. The van der Waals surface area contributed by atoms with E-state index in [0.29, 0.717) is 30.4 Å². The number of amides is 1. The van der Waals surface area contributed by atoms with Gasteiger partial charge in [0, 0.05) is 31.2 Å². The van der Waals surface area contributed by atoms with Gasteiger partial charge in [0.15, 0.2) is 30.0 Å². The number of methoxy groups -OCH3 is 1. The summed E-state index contributed by atoms with van der Waals surface area (Å²) >= 11 is 0. The summed E-state index contributed by atoms with van der Waals surface area (Å²) in [7, 11) is 1.62. The van der Waals surface area contributed by atoms with Crippen LogP contribution in [0.3, 0.4) is 0 Å². The number of aromatic nitrogens is 1. The Balaban J connectivity index is 0.00000840. The van der Waals surface area contributed by atoms with Crippen molar-refractivity contribution in [2.75, 3.05) is 26.9 Å². The molecule has 0 spiro atoms. The number of pyridine rings is 1. The van der Waals surface area contributed by atoms with Crippen molar-refractivity contribution in [2.24, 2.45) is 0 Å². The van der Waals surface area contributed by atoms with Crippen LogP contribution < -0.4 is 48.1 Å². The lowest BCUT2D eigenvalue weighted by Gasteiger charge is -2.13. The van der Waals surface area contributed by atoms with Crippen LogP contribution >= 0.6 is 0 Å². The Morgan fingerprint density at radius 3 is 2.02 bits per heavy atom. The maximum atomic E-state index is 12.3. The van der Waals surface area contributed by atoms with E-state index in [1.54, 1.807) is 13.2 Å². The van der Waals surface area contributed by atoms with E-state index in [0.717, 1.165) is 19.4 Å². The second kappa shape index (κ2) is 24.6. The summed E-state index contributed by atoms with van der Waals surface area (Å²) in [6.07, 6.45) is 21.6. The molecule has 1 N–H and O–H groups in total. The van der Waals surface area contributed by atoms with E-state index < -0.39 is 0 Å². The third-order valence-corrected chi connectivity index (χ3v) is 7.34. The monoisotopic (exact) mass is 682 g/mol. The average molecular weight is 683 g/mol. The van der Waals surface area contributed by atoms with Crippen LogP contribution in [0, 0.1) is 0 Å². The van der Waals surface area contributed by atoms with E-state index in [1.165, 1.54) is 89.2 Å². The smallest absolute Gasteiger partial charge is 0.257 e. The fraction of sp³-hybridized carbons (Fsp3) is 0.647. The number of carbonyl (C=O) groups excluding carboxylic acids is 1. The van der Waals surface area contributed by atoms with Crippen LogP contribution in [0.5, 0.6) is 17.2 Å².